The third-order valence-electron chi connectivity index (χ3n) is 4.02. The van der Waals surface area contributed by atoms with Gasteiger partial charge < -0.3 is 10.1 Å². The van der Waals surface area contributed by atoms with Gasteiger partial charge in [0.2, 0.25) is 10.0 Å². The van der Waals surface area contributed by atoms with Gasteiger partial charge in [-0.15, -0.1) is 0 Å². The summed E-state index contributed by atoms with van der Waals surface area (Å²) < 4.78 is 58.9. The zero-order chi connectivity index (χ0) is 18.7. The standard InChI is InChI=1S/C17H17ClF2N2O3S/c18-15-9-13(19)2-1-12(15)11-21-14-3-4-16(20)17(10-14)26(23,24)22-5-7-25-8-6-22/h1-4,9-10,21H,5-8,11H2. The second kappa shape index (κ2) is 7.87. The average molecular weight is 403 g/mol. The van der Waals surface area contributed by atoms with E-state index < -0.39 is 26.6 Å². The first-order valence-corrected chi connectivity index (χ1v) is 9.75. The van der Waals surface area contributed by atoms with E-state index in [0.29, 0.717) is 11.3 Å². The molecule has 0 radical (unpaired) electrons. The van der Waals surface area contributed by atoms with E-state index in [2.05, 4.69) is 5.32 Å². The Morgan fingerprint density at radius 2 is 1.85 bits per heavy atom. The second-order valence-corrected chi connectivity index (χ2v) is 8.06. The molecule has 26 heavy (non-hydrogen) atoms. The molecule has 1 heterocycles. The van der Waals surface area contributed by atoms with Crippen LogP contribution >= 0.6 is 11.6 Å². The quantitative estimate of drug-likeness (QED) is 0.834. The summed E-state index contributed by atoms with van der Waals surface area (Å²) in [6, 6.07) is 7.78. The van der Waals surface area contributed by atoms with Crippen LogP contribution in [0.1, 0.15) is 5.56 Å². The molecule has 0 spiro atoms. The molecular formula is C17H17ClF2N2O3S. The van der Waals surface area contributed by atoms with E-state index >= 15 is 0 Å². The maximum absolute atomic E-state index is 14.2. The van der Waals surface area contributed by atoms with E-state index in [1.165, 1.54) is 34.6 Å². The summed E-state index contributed by atoms with van der Waals surface area (Å²) in [4.78, 5) is -0.394. The van der Waals surface area contributed by atoms with Crippen LogP contribution in [-0.4, -0.2) is 39.0 Å². The predicted molar refractivity (Wildman–Crippen MR) is 94.7 cm³/mol. The van der Waals surface area contributed by atoms with Gasteiger partial charge >= 0.3 is 0 Å². The summed E-state index contributed by atoms with van der Waals surface area (Å²) in [5.41, 5.74) is 1.05. The van der Waals surface area contributed by atoms with E-state index in [4.69, 9.17) is 16.3 Å². The Morgan fingerprint density at radius 1 is 1.12 bits per heavy atom. The van der Waals surface area contributed by atoms with E-state index in [1.807, 2.05) is 0 Å². The molecule has 1 fully saturated rings. The Hall–Kier alpha value is -1.74. The fourth-order valence-electron chi connectivity index (χ4n) is 2.60. The van der Waals surface area contributed by atoms with Crippen molar-refractivity contribution in [1.29, 1.82) is 0 Å². The molecule has 2 aromatic rings. The Labute approximate surface area is 155 Å². The molecular weight excluding hydrogens is 386 g/mol. The first-order valence-electron chi connectivity index (χ1n) is 7.93. The van der Waals surface area contributed by atoms with Crippen LogP contribution < -0.4 is 5.32 Å². The van der Waals surface area contributed by atoms with Gasteiger partial charge in [-0.05, 0) is 35.9 Å². The number of halogens is 3. The van der Waals surface area contributed by atoms with E-state index in [9.17, 15) is 17.2 Å². The lowest BCUT2D eigenvalue weighted by Crippen LogP contribution is -2.40. The SMILES string of the molecule is O=S(=O)(c1cc(NCc2ccc(F)cc2Cl)ccc1F)N1CCOCC1. The maximum Gasteiger partial charge on any atom is 0.246 e. The van der Waals surface area contributed by atoms with Gasteiger partial charge in [-0.2, -0.15) is 4.31 Å². The average Bonchev–Trinajstić information content (AvgIpc) is 2.63. The first kappa shape index (κ1) is 19.0. The van der Waals surface area contributed by atoms with E-state index in [-0.39, 0.29) is 37.9 Å². The number of rotatable bonds is 5. The van der Waals surface area contributed by atoms with Crippen LogP contribution in [0.4, 0.5) is 14.5 Å². The van der Waals surface area contributed by atoms with Gasteiger partial charge in [0.15, 0.2) is 0 Å². The van der Waals surface area contributed by atoms with E-state index in [1.54, 1.807) is 0 Å². The molecule has 5 nitrogen and oxygen atoms in total. The van der Waals surface area contributed by atoms with Crippen LogP contribution in [0.5, 0.6) is 0 Å². The Bertz CT molecular complexity index is 903. The highest BCUT2D eigenvalue weighted by Crippen LogP contribution is 2.25. The lowest BCUT2D eigenvalue weighted by molar-refractivity contribution is 0.0729. The summed E-state index contributed by atoms with van der Waals surface area (Å²) in [6.45, 7) is 1.17. The molecule has 140 valence electrons. The monoisotopic (exact) mass is 402 g/mol. The van der Waals surface area contributed by atoms with Crippen molar-refractivity contribution >= 4 is 27.3 Å². The minimum Gasteiger partial charge on any atom is -0.381 e. The van der Waals surface area contributed by atoms with Crippen molar-refractivity contribution in [2.45, 2.75) is 11.4 Å². The van der Waals surface area contributed by atoms with Gasteiger partial charge in [0, 0.05) is 30.3 Å². The normalized spacial score (nSPS) is 15.8. The van der Waals surface area contributed by atoms with Crippen molar-refractivity contribution in [3.05, 3.63) is 58.6 Å². The lowest BCUT2D eigenvalue weighted by atomic mass is 10.2. The minimum atomic E-state index is -3.95. The molecule has 0 saturated carbocycles. The molecule has 0 aliphatic carbocycles. The molecule has 1 aliphatic rings. The number of morpholine rings is 1. The first-order chi connectivity index (χ1) is 12.4. The van der Waals surface area contributed by atoms with Gasteiger partial charge in [-0.25, -0.2) is 17.2 Å². The maximum atomic E-state index is 14.2. The molecule has 0 aromatic heterocycles. The topological polar surface area (TPSA) is 58.6 Å². The highest BCUT2D eigenvalue weighted by atomic mass is 35.5. The number of hydrogen-bond donors (Lipinski definition) is 1. The molecule has 0 amide bonds. The molecule has 0 bridgehead atoms. The molecule has 9 heteroatoms. The van der Waals surface area contributed by atoms with E-state index in [0.717, 1.165) is 6.07 Å². The number of anilines is 1. The van der Waals surface area contributed by atoms with Crippen molar-refractivity contribution in [3.8, 4) is 0 Å². The zero-order valence-corrected chi connectivity index (χ0v) is 15.3. The second-order valence-electron chi connectivity index (χ2n) is 5.75. The number of hydrogen-bond acceptors (Lipinski definition) is 4. The molecule has 3 rings (SSSR count). The number of benzene rings is 2. The number of nitrogens with zero attached hydrogens (tertiary/aromatic N) is 1. The summed E-state index contributed by atoms with van der Waals surface area (Å²) >= 11 is 5.97. The summed E-state index contributed by atoms with van der Waals surface area (Å²) in [5, 5.41) is 3.23. The van der Waals surface area contributed by atoms with Gasteiger partial charge in [-0.3, -0.25) is 0 Å². The van der Waals surface area contributed by atoms with Crippen LogP contribution in [0.15, 0.2) is 41.3 Å². The van der Waals surface area contributed by atoms with Crippen LogP contribution in [0.2, 0.25) is 5.02 Å². The summed E-state index contributed by atoms with van der Waals surface area (Å²) in [5.74, 6) is -1.26. The van der Waals surface area contributed by atoms with Crippen molar-refractivity contribution in [3.63, 3.8) is 0 Å². The molecule has 1 saturated heterocycles. The highest BCUT2D eigenvalue weighted by Gasteiger charge is 2.29. The Kier molecular flexibility index (Phi) is 5.76. The molecule has 1 aliphatic heterocycles. The Morgan fingerprint density at radius 3 is 2.54 bits per heavy atom. The van der Waals surface area contributed by atoms with Crippen molar-refractivity contribution < 1.29 is 21.9 Å². The smallest absolute Gasteiger partial charge is 0.246 e. The number of sulfonamides is 1. The third-order valence-corrected chi connectivity index (χ3v) is 6.28. The summed E-state index contributed by atoms with van der Waals surface area (Å²) in [6.07, 6.45) is 0. The third kappa shape index (κ3) is 4.15. The summed E-state index contributed by atoms with van der Waals surface area (Å²) in [7, 11) is -3.95. The lowest BCUT2D eigenvalue weighted by Gasteiger charge is -2.26. The molecule has 0 atom stereocenters. The van der Waals surface area contributed by atoms with Crippen LogP contribution in [0, 0.1) is 11.6 Å². The fraction of sp³-hybridized carbons (Fsp3) is 0.294. The Balaban J connectivity index is 1.81. The number of ether oxygens (including phenoxy) is 1. The van der Waals surface area contributed by atoms with Crippen LogP contribution in [-0.2, 0) is 21.3 Å². The fourth-order valence-corrected chi connectivity index (χ4v) is 4.33. The largest absolute Gasteiger partial charge is 0.381 e. The number of nitrogens with one attached hydrogen (secondary N) is 1. The predicted octanol–water partition coefficient (Wildman–Crippen LogP) is 3.25. The van der Waals surface area contributed by atoms with Gasteiger partial charge in [0.25, 0.3) is 0 Å². The van der Waals surface area contributed by atoms with Crippen molar-refractivity contribution in [1.82, 2.24) is 4.31 Å². The molecule has 0 unspecified atom stereocenters. The van der Waals surface area contributed by atoms with Crippen molar-refractivity contribution in [2.75, 3.05) is 31.6 Å². The zero-order valence-electron chi connectivity index (χ0n) is 13.7. The van der Waals surface area contributed by atoms with Gasteiger partial charge in [-0.1, -0.05) is 17.7 Å². The highest BCUT2D eigenvalue weighted by molar-refractivity contribution is 7.89. The van der Waals surface area contributed by atoms with Gasteiger partial charge in [0.05, 0.1) is 13.2 Å². The molecule has 2 aromatic carbocycles. The van der Waals surface area contributed by atoms with Crippen molar-refractivity contribution in [2.24, 2.45) is 0 Å². The van der Waals surface area contributed by atoms with Gasteiger partial charge in [0.1, 0.15) is 16.5 Å². The van der Waals surface area contributed by atoms with Crippen LogP contribution in [0.3, 0.4) is 0 Å². The van der Waals surface area contributed by atoms with Crippen LogP contribution in [0.25, 0.3) is 0 Å². The minimum absolute atomic E-state index is 0.185. The molecule has 1 N–H and O–H groups in total.